The second-order valence-electron chi connectivity index (χ2n) is 1.38. The Morgan fingerprint density at radius 3 is 2.90 bits per heavy atom. The van der Waals surface area contributed by atoms with Gasteiger partial charge in [-0.3, -0.25) is 14.9 Å². The largest absolute Gasteiger partial charge is 0.501 e. The average molecular weight is 143 g/mol. The van der Waals surface area contributed by atoms with Crippen LogP contribution in [0.3, 0.4) is 0 Å². The molecule has 0 aromatic carbocycles. The minimum absolute atomic E-state index is 0.318. The van der Waals surface area contributed by atoms with Gasteiger partial charge in [-0.05, 0) is 6.92 Å². The maximum atomic E-state index is 10.4. The molecule has 0 spiro atoms. The highest BCUT2D eigenvalue weighted by molar-refractivity contribution is 5.94. The maximum absolute atomic E-state index is 10.4. The van der Waals surface area contributed by atoms with Crippen molar-refractivity contribution < 1.29 is 14.3 Å². The lowest BCUT2D eigenvalue weighted by atomic mass is 10.6. The second kappa shape index (κ2) is 5.81. The maximum Gasteiger partial charge on any atom is 0.253 e. The van der Waals surface area contributed by atoms with E-state index >= 15 is 0 Å². The first-order valence-corrected chi connectivity index (χ1v) is 2.83. The first-order valence-electron chi connectivity index (χ1n) is 2.83. The number of imide groups is 1. The van der Waals surface area contributed by atoms with Gasteiger partial charge in [0.2, 0.25) is 6.41 Å². The van der Waals surface area contributed by atoms with Crippen LogP contribution < -0.4 is 5.32 Å². The number of carbonyl (C=O) groups is 2. The van der Waals surface area contributed by atoms with Gasteiger partial charge in [-0.15, -0.1) is 0 Å². The molecule has 2 amide bonds. The fraction of sp³-hybridized carbons (Fsp3) is 0.333. The lowest BCUT2D eigenvalue weighted by molar-refractivity contribution is -0.121. The summed E-state index contributed by atoms with van der Waals surface area (Å²) in [6, 6.07) is 0. The number of nitrogens with one attached hydrogen (secondary N) is 1. The van der Waals surface area contributed by atoms with Gasteiger partial charge in [0.05, 0.1) is 12.9 Å². The molecule has 4 heteroatoms. The van der Waals surface area contributed by atoms with Gasteiger partial charge in [-0.25, -0.2) is 0 Å². The number of ether oxygens (including phenoxy) is 1. The molecule has 0 aliphatic rings. The number of amides is 2. The van der Waals surface area contributed by atoms with Gasteiger partial charge >= 0.3 is 0 Å². The molecule has 1 N–H and O–H groups in total. The van der Waals surface area contributed by atoms with Crippen LogP contribution >= 0.6 is 0 Å². The predicted octanol–water partition coefficient (Wildman–Crippen LogP) is -0.191. The molecule has 10 heavy (non-hydrogen) atoms. The first-order chi connectivity index (χ1) is 4.81. The van der Waals surface area contributed by atoms with Crippen LogP contribution in [0.15, 0.2) is 12.3 Å². The minimum atomic E-state index is -0.483. The van der Waals surface area contributed by atoms with Gasteiger partial charge in [-0.1, -0.05) is 0 Å². The van der Waals surface area contributed by atoms with E-state index in [1.165, 1.54) is 6.26 Å². The standard InChI is InChI=1S/C6H9NO3/c1-2-10-4-3-6(9)7-5-8/h3-5H,2H2,1H3,(H,7,8,9). The van der Waals surface area contributed by atoms with Crippen LogP contribution in [0.4, 0.5) is 0 Å². The third-order valence-corrected chi connectivity index (χ3v) is 0.683. The van der Waals surface area contributed by atoms with Gasteiger partial charge in [0, 0.05) is 6.08 Å². The summed E-state index contributed by atoms with van der Waals surface area (Å²) in [5.41, 5.74) is 0. The van der Waals surface area contributed by atoms with Gasteiger partial charge < -0.3 is 4.74 Å². The van der Waals surface area contributed by atoms with Crippen molar-refractivity contribution in [1.82, 2.24) is 5.32 Å². The van der Waals surface area contributed by atoms with E-state index in [0.29, 0.717) is 13.0 Å². The lowest BCUT2D eigenvalue weighted by Gasteiger charge is -1.90. The van der Waals surface area contributed by atoms with E-state index in [0.717, 1.165) is 6.08 Å². The summed E-state index contributed by atoms with van der Waals surface area (Å²) in [6.07, 6.45) is 2.69. The Balaban J connectivity index is 3.45. The normalized spacial score (nSPS) is 9.30. The van der Waals surface area contributed by atoms with Crippen molar-refractivity contribution in [2.75, 3.05) is 6.61 Å². The summed E-state index contributed by atoms with van der Waals surface area (Å²) >= 11 is 0. The summed E-state index contributed by atoms with van der Waals surface area (Å²) in [6.45, 7) is 2.30. The van der Waals surface area contributed by atoms with Crippen LogP contribution in [0.1, 0.15) is 6.92 Å². The van der Waals surface area contributed by atoms with Crippen molar-refractivity contribution in [3.63, 3.8) is 0 Å². The van der Waals surface area contributed by atoms with Crippen LogP contribution in [0, 0.1) is 0 Å². The Kier molecular flexibility index (Phi) is 5.04. The zero-order valence-electron chi connectivity index (χ0n) is 5.66. The summed E-state index contributed by atoms with van der Waals surface area (Å²) in [5.74, 6) is -0.483. The molecule has 0 aromatic heterocycles. The predicted molar refractivity (Wildman–Crippen MR) is 35.0 cm³/mol. The Morgan fingerprint density at radius 1 is 1.70 bits per heavy atom. The molecule has 0 heterocycles. The molecule has 0 bridgehead atoms. The zero-order chi connectivity index (χ0) is 7.82. The van der Waals surface area contributed by atoms with Gasteiger partial charge in [-0.2, -0.15) is 0 Å². The molecule has 0 aliphatic carbocycles. The monoisotopic (exact) mass is 143 g/mol. The fourth-order valence-electron chi connectivity index (χ4n) is 0.312. The van der Waals surface area contributed by atoms with Crippen LogP contribution in [0.5, 0.6) is 0 Å². The van der Waals surface area contributed by atoms with E-state index in [1.807, 2.05) is 5.32 Å². The quantitative estimate of drug-likeness (QED) is 0.337. The van der Waals surface area contributed by atoms with E-state index in [9.17, 15) is 9.59 Å². The third kappa shape index (κ3) is 4.83. The van der Waals surface area contributed by atoms with Gasteiger partial charge in [0.15, 0.2) is 0 Å². The molecule has 0 radical (unpaired) electrons. The van der Waals surface area contributed by atoms with Crippen molar-refractivity contribution in [2.24, 2.45) is 0 Å². The third-order valence-electron chi connectivity index (χ3n) is 0.683. The van der Waals surface area contributed by atoms with E-state index < -0.39 is 5.91 Å². The van der Waals surface area contributed by atoms with E-state index in [1.54, 1.807) is 6.92 Å². The summed E-state index contributed by atoms with van der Waals surface area (Å²) < 4.78 is 4.69. The summed E-state index contributed by atoms with van der Waals surface area (Å²) in [5, 5.41) is 1.92. The zero-order valence-corrected chi connectivity index (χ0v) is 5.66. The Labute approximate surface area is 58.9 Å². The highest BCUT2D eigenvalue weighted by Crippen LogP contribution is 1.75. The van der Waals surface area contributed by atoms with Crippen molar-refractivity contribution >= 4 is 12.3 Å². The lowest BCUT2D eigenvalue weighted by Crippen LogP contribution is -2.18. The molecule has 0 fully saturated rings. The van der Waals surface area contributed by atoms with Crippen LogP contribution in [-0.2, 0) is 14.3 Å². The highest BCUT2D eigenvalue weighted by Gasteiger charge is 1.88. The topological polar surface area (TPSA) is 55.4 Å². The molecular weight excluding hydrogens is 134 g/mol. The van der Waals surface area contributed by atoms with Gasteiger partial charge in [0.25, 0.3) is 5.91 Å². The van der Waals surface area contributed by atoms with E-state index in [2.05, 4.69) is 0 Å². The number of carbonyl (C=O) groups excluding carboxylic acids is 2. The highest BCUT2D eigenvalue weighted by atomic mass is 16.5. The Bertz CT molecular complexity index is 142. The van der Waals surface area contributed by atoms with Crippen LogP contribution in [0.25, 0.3) is 0 Å². The molecule has 0 unspecified atom stereocenters. The van der Waals surface area contributed by atoms with Crippen molar-refractivity contribution in [1.29, 1.82) is 0 Å². The summed E-state index contributed by atoms with van der Waals surface area (Å²) in [7, 11) is 0. The Hall–Kier alpha value is -1.32. The van der Waals surface area contributed by atoms with E-state index in [4.69, 9.17) is 4.74 Å². The SMILES string of the molecule is CCOC=CC(=O)NC=O. The fourth-order valence-corrected chi connectivity index (χ4v) is 0.312. The molecule has 0 aliphatic heterocycles. The van der Waals surface area contributed by atoms with Crippen molar-refractivity contribution in [3.8, 4) is 0 Å². The smallest absolute Gasteiger partial charge is 0.253 e. The molecular formula is C6H9NO3. The summed E-state index contributed by atoms with van der Waals surface area (Å²) in [4.78, 5) is 20.1. The molecule has 4 nitrogen and oxygen atoms in total. The number of hydrogen-bond donors (Lipinski definition) is 1. The van der Waals surface area contributed by atoms with E-state index in [-0.39, 0.29) is 0 Å². The molecule has 0 atom stereocenters. The number of hydrogen-bond acceptors (Lipinski definition) is 3. The van der Waals surface area contributed by atoms with Crippen LogP contribution in [0.2, 0.25) is 0 Å². The van der Waals surface area contributed by atoms with Gasteiger partial charge in [0.1, 0.15) is 0 Å². The molecule has 0 saturated heterocycles. The second-order valence-corrected chi connectivity index (χ2v) is 1.38. The molecule has 0 aromatic rings. The minimum Gasteiger partial charge on any atom is -0.501 e. The van der Waals surface area contributed by atoms with Crippen molar-refractivity contribution in [2.45, 2.75) is 6.92 Å². The molecule has 0 rings (SSSR count). The molecule has 0 saturated carbocycles. The Morgan fingerprint density at radius 2 is 2.40 bits per heavy atom. The number of rotatable bonds is 4. The van der Waals surface area contributed by atoms with Crippen molar-refractivity contribution in [3.05, 3.63) is 12.3 Å². The first kappa shape index (κ1) is 8.68. The average Bonchev–Trinajstić information content (AvgIpc) is 1.89. The molecule has 56 valence electrons. The van der Waals surface area contributed by atoms with Crippen LogP contribution in [-0.4, -0.2) is 18.9 Å².